The van der Waals surface area contributed by atoms with Gasteiger partial charge in [0, 0.05) is 12.6 Å². The molecule has 1 heterocycles. The van der Waals surface area contributed by atoms with Gasteiger partial charge in [0.25, 0.3) is 0 Å². The van der Waals surface area contributed by atoms with E-state index >= 15 is 0 Å². The molecule has 1 N–H and O–H groups in total. The third-order valence-corrected chi connectivity index (χ3v) is 2.22. The van der Waals surface area contributed by atoms with Crippen LogP contribution in [0.5, 0.6) is 0 Å². The highest BCUT2D eigenvalue weighted by atomic mass is 19.4. The Labute approximate surface area is 92.1 Å². The standard InChI is InChI=1S/C11H14F3NO/c1-8-4-6-15-9(7-8)10(16)3-2-5-11(12,13)14/h4,6-7,10,16H,2-3,5H2,1H3. The van der Waals surface area contributed by atoms with Gasteiger partial charge in [0.05, 0.1) is 11.8 Å². The number of halogens is 3. The topological polar surface area (TPSA) is 33.1 Å². The molecular formula is C11H14F3NO. The number of aromatic nitrogens is 1. The SMILES string of the molecule is Cc1ccnc(C(O)CCCC(F)(F)F)c1. The van der Waals surface area contributed by atoms with Gasteiger partial charge in [-0.1, -0.05) is 0 Å². The van der Waals surface area contributed by atoms with Crippen molar-refractivity contribution >= 4 is 0 Å². The molecule has 90 valence electrons. The van der Waals surface area contributed by atoms with E-state index < -0.39 is 18.7 Å². The fourth-order valence-corrected chi connectivity index (χ4v) is 1.39. The van der Waals surface area contributed by atoms with E-state index in [4.69, 9.17) is 0 Å². The van der Waals surface area contributed by atoms with Crippen LogP contribution in [0, 0.1) is 6.92 Å². The lowest BCUT2D eigenvalue weighted by atomic mass is 10.1. The number of alkyl halides is 3. The van der Waals surface area contributed by atoms with Crippen molar-refractivity contribution in [3.8, 4) is 0 Å². The highest BCUT2D eigenvalue weighted by molar-refractivity contribution is 5.15. The number of aliphatic hydroxyl groups is 1. The van der Waals surface area contributed by atoms with Gasteiger partial charge < -0.3 is 5.11 Å². The lowest BCUT2D eigenvalue weighted by Gasteiger charge is -2.11. The van der Waals surface area contributed by atoms with Gasteiger partial charge >= 0.3 is 6.18 Å². The molecule has 5 heteroatoms. The number of rotatable bonds is 4. The highest BCUT2D eigenvalue weighted by Crippen LogP contribution is 2.25. The lowest BCUT2D eigenvalue weighted by molar-refractivity contribution is -0.136. The van der Waals surface area contributed by atoms with Crippen LogP contribution in [0.3, 0.4) is 0 Å². The Balaban J connectivity index is 2.44. The number of pyridine rings is 1. The Hall–Kier alpha value is -1.10. The van der Waals surface area contributed by atoms with E-state index in [0.717, 1.165) is 5.56 Å². The van der Waals surface area contributed by atoms with Crippen LogP contribution in [0.1, 0.15) is 36.6 Å². The summed E-state index contributed by atoms with van der Waals surface area (Å²) in [5.74, 6) is 0. The summed E-state index contributed by atoms with van der Waals surface area (Å²) in [6.45, 7) is 1.84. The van der Waals surface area contributed by atoms with Gasteiger partial charge in [-0.3, -0.25) is 4.98 Å². The Morgan fingerprint density at radius 1 is 1.44 bits per heavy atom. The molecule has 0 aliphatic carbocycles. The maximum Gasteiger partial charge on any atom is 0.389 e. The Morgan fingerprint density at radius 3 is 2.69 bits per heavy atom. The van der Waals surface area contributed by atoms with E-state index in [1.807, 2.05) is 6.92 Å². The third kappa shape index (κ3) is 4.61. The molecule has 1 rings (SSSR count). The average molecular weight is 233 g/mol. The maximum atomic E-state index is 11.9. The summed E-state index contributed by atoms with van der Waals surface area (Å²) in [6, 6.07) is 3.45. The zero-order chi connectivity index (χ0) is 12.2. The van der Waals surface area contributed by atoms with Crippen molar-refractivity contribution in [3.63, 3.8) is 0 Å². The number of aliphatic hydroxyl groups excluding tert-OH is 1. The van der Waals surface area contributed by atoms with Gasteiger partial charge in [0.1, 0.15) is 0 Å². The fourth-order valence-electron chi connectivity index (χ4n) is 1.39. The predicted molar refractivity (Wildman–Crippen MR) is 53.8 cm³/mol. The largest absolute Gasteiger partial charge is 0.389 e. The minimum atomic E-state index is -4.15. The van der Waals surface area contributed by atoms with Crippen LogP contribution < -0.4 is 0 Å². The van der Waals surface area contributed by atoms with Crippen molar-refractivity contribution in [2.45, 2.75) is 38.5 Å². The van der Waals surface area contributed by atoms with Crippen molar-refractivity contribution in [2.75, 3.05) is 0 Å². The van der Waals surface area contributed by atoms with Crippen LogP contribution in [0.4, 0.5) is 13.2 Å². The highest BCUT2D eigenvalue weighted by Gasteiger charge is 2.26. The molecule has 1 aromatic rings. The summed E-state index contributed by atoms with van der Waals surface area (Å²) in [4.78, 5) is 3.92. The molecule has 0 fully saturated rings. The molecule has 0 spiro atoms. The smallest absolute Gasteiger partial charge is 0.387 e. The Bertz CT molecular complexity index is 338. The van der Waals surface area contributed by atoms with Gasteiger partial charge in [-0.15, -0.1) is 0 Å². The van der Waals surface area contributed by atoms with Crippen LogP contribution in [-0.2, 0) is 0 Å². The van der Waals surface area contributed by atoms with Crippen molar-refractivity contribution in [2.24, 2.45) is 0 Å². The van der Waals surface area contributed by atoms with Crippen LogP contribution in [0.25, 0.3) is 0 Å². The van der Waals surface area contributed by atoms with Gasteiger partial charge in [0.15, 0.2) is 0 Å². The first kappa shape index (κ1) is 13.0. The molecule has 1 unspecified atom stereocenters. The molecule has 0 bridgehead atoms. The van der Waals surface area contributed by atoms with E-state index in [-0.39, 0.29) is 12.8 Å². The second kappa shape index (κ2) is 5.30. The molecule has 1 aromatic heterocycles. The number of nitrogens with zero attached hydrogens (tertiary/aromatic N) is 1. The number of hydrogen-bond acceptors (Lipinski definition) is 2. The van der Waals surface area contributed by atoms with E-state index in [0.29, 0.717) is 5.69 Å². The summed E-state index contributed by atoms with van der Waals surface area (Å²) in [7, 11) is 0. The molecular weight excluding hydrogens is 219 g/mol. The van der Waals surface area contributed by atoms with Crippen molar-refractivity contribution in [1.29, 1.82) is 0 Å². The van der Waals surface area contributed by atoms with E-state index in [1.54, 1.807) is 12.1 Å². The summed E-state index contributed by atoms with van der Waals surface area (Å²) < 4.78 is 35.6. The molecule has 0 amide bonds. The molecule has 0 radical (unpaired) electrons. The van der Waals surface area contributed by atoms with Crippen molar-refractivity contribution in [1.82, 2.24) is 4.98 Å². The second-order valence-electron chi connectivity index (χ2n) is 3.78. The van der Waals surface area contributed by atoms with Crippen LogP contribution in [0.2, 0.25) is 0 Å². The second-order valence-corrected chi connectivity index (χ2v) is 3.78. The molecule has 0 aliphatic heterocycles. The molecule has 16 heavy (non-hydrogen) atoms. The van der Waals surface area contributed by atoms with E-state index in [1.165, 1.54) is 6.20 Å². The Morgan fingerprint density at radius 2 is 2.12 bits per heavy atom. The van der Waals surface area contributed by atoms with E-state index in [9.17, 15) is 18.3 Å². The summed E-state index contributed by atoms with van der Waals surface area (Å²) in [5.41, 5.74) is 1.36. The van der Waals surface area contributed by atoms with Crippen LogP contribution in [0.15, 0.2) is 18.3 Å². The molecule has 0 saturated carbocycles. The van der Waals surface area contributed by atoms with Crippen LogP contribution >= 0.6 is 0 Å². The third-order valence-electron chi connectivity index (χ3n) is 2.22. The fraction of sp³-hybridized carbons (Fsp3) is 0.545. The van der Waals surface area contributed by atoms with E-state index in [2.05, 4.69) is 4.98 Å². The van der Waals surface area contributed by atoms with Crippen molar-refractivity contribution in [3.05, 3.63) is 29.6 Å². The zero-order valence-corrected chi connectivity index (χ0v) is 8.96. The minimum absolute atomic E-state index is 0.0793. The van der Waals surface area contributed by atoms with Gasteiger partial charge in [-0.05, 0) is 37.5 Å². The zero-order valence-electron chi connectivity index (χ0n) is 8.96. The Kier molecular flexibility index (Phi) is 4.29. The monoisotopic (exact) mass is 233 g/mol. The lowest BCUT2D eigenvalue weighted by Crippen LogP contribution is -2.08. The summed E-state index contributed by atoms with van der Waals surface area (Å²) >= 11 is 0. The molecule has 2 nitrogen and oxygen atoms in total. The molecule has 0 aliphatic rings. The molecule has 1 atom stereocenters. The normalized spacial score (nSPS) is 13.8. The molecule has 0 aromatic carbocycles. The minimum Gasteiger partial charge on any atom is -0.387 e. The van der Waals surface area contributed by atoms with Gasteiger partial charge in [-0.2, -0.15) is 13.2 Å². The first-order chi connectivity index (χ1) is 7.38. The summed E-state index contributed by atoms with van der Waals surface area (Å²) in [6.07, 6.45) is -4.40. The predicted octanol–water partition coefficient (Wildman–Crippen LogP) is 3.16. The van der Waals surface area contributed by atoms with Crippen molar-refractivity contribution < 1.29 is 18.3 Å². The maximum absolute atomic E-state index is 11.9. The van der Waals surface area contributed by atoms with Gasteiger partial charge in [-0.25, -0.2) is 0 Å². The van der Waals surface area contributed by atoms with Crippen LogP contribution in [-0.4, -0.2) is 16.3 Å². The van der Waals surface area contributed by atoms with Gasteiger partial charge in [0.2, 0.25) is 0 Å². The average Bonchev–Trinajstić information content (AvgIpc) is 2.15. The first-order valence-electron chi connectivity index (χ1n) is 5.06. The quantitative estimate of drug-likeness (QED) is 0.866. The molecule has 0 saturated heterocycles. The number of aryl methyl sites for hydroxylation is 1. The number of hydrogen-bond donors (Lipinski definition) is 1. The summed E-state index contributed by atoms with van der Waals surface area (Å²) in [5, 5.41) is 9.61. The first-order valence-corrected chi connectivity index (χ1v) is 5.06.